The highest BCUT2D eigenvalue weighted by Crippen LogP contribution is 2.29. The summed E-state index contributed by atoms with van der Waals surface area (Å²) in [5.41, 5.74) is -0.0655. The third-order valence-corrected chi connectivity index (χ3v) is 5.92. The molecule has 1 aromatic heterocycles. The standard InChI is InChI=1S/C20H34FN5O2/c1-4-26(11-14-5-7-20(2,3)28-12-14)19-17(21)18(24-13-25-19)23-9-15-6-8-22-10-16(15)27/h13-16,22,27H,4-12H2,1-3H3,(H,23,24,25)/t14-,15?,16?/m0/s1. The molecule has 7 nitrogen and oxygen atoms in total. The summed E-state index contributed by atoms with van der Waals surface area (Å²) in [7, 11) is 0. The lowest BCUT2D eigenvalue weighted by Gasteiger charge is -2.37. The number of rotatable bonds is 7. The number of aromatic nitrogens is 2. The molecule has 1 aromatic rings. The summed E-state index contributed by atoms with van der Waals surface area (Å²) in [6.45, 7) is 10.2. The predicted molar refractivity (Wildman–Crippen MR) is 108 cm³/mol. The molecule has 3 heterocycles. The molecule has 3 N–H and O–H groups in total. The lowest BCUT2D eigenvalue weighted by molar-refractivity contribution is -0.0747. The smallest absolute Gasteiger partial charge is 0.207 e. The number of ether oxygens (including phenoxy) is 1. The first kappa shape index (κ1) is 21.2. The van der Waals surface area contributed by atoms with Crippen LogP contribution in [0.5, 0.6) is 0 Å². The van der Waals surface area contributed by atoms with Gasteiger partial charge in [-0.05, 0) is 52.5 Å². The van der Waals surface area contributed by atoms with Crippen LogP contribution >= 0.6 is 0 Å². The zero-order valence-electron chi connectivity index (χ0n) is 17.2. The molecule has 0 spiro atoms. The van der Waals surface area contributed by atoms with Crippen LogP contribution in [0.3, 0.4) is 0 Å². The van der Waals surface area contributed by atoms with E-state index < -0.39 is 11.9 Å². The van der Waals surface area contributed by atoms with E-state index in [0.717, 1.165) is 25.8 Å². The van der Waals surface area contributed by atoms with Crippen molar-refractivity contribution in [2.45, 2.75) is 51.7 Å². The zero-order chi connectivity index (χ0) is 20.1. The maximum atomic E-state index is 15.1. The highest BCUT2D eigenvalue weighted by Gasteiger charge is 2.29. The van der Waals surface area contributed by atoms with Gasteiger partial charge in [0.25, 0.3) is 0 Å². The SMILES string of the molecule is CCN(C[C@@H]1CCC(C)(C)OC1)c1ncnc(NCC2CCNCC2O)c1F. The average Bonchev–Trinajstić information content (AvgIpc) is 2.68. The molecule has 0 radical (unpaired) electrons. The Morgan fingerprint density at radius 3 is 2.89 bits per heavy atom. The van der Waals surface area contributed by atoms with Crippen molar-refractivity contribution in [3.63, 3.8) is 0 Å². The van der Waals surface area contributed by atoms with E-state index in [9.17, 15) is 5.11 Å². The second kappa shape index (κ2) is 9.33. The van der Waals surface area contributed by atoms with E-state index in [1.807, 2.05) is 11.8 Å². The maximum Gasteiger partial charge on any atom is 0.207 e. The van der Waals surface area contributed by atoms with Crippen molar-refractivity contribution in [2.75, 3.05) is 49.5 Å². The van der Waals surface area contributed by atoms with Gasteiger partial charge in [-0.1, -0.05) is 0 Å². The van der Waals surface area contributed by atoms with Crippen molar-refractivity contribution in [1.29, 1.82) is 0 Å². The molecule has 3 rings (SSSR count). The summed E-state index contributed by atoms with van der Waals surface area (Å²) >= 11 is 0. The third-order valence-electron chi connectivity index (χ3n) is 5.92. The number of hydrogen-bond acceptors (Lipinski definition) is 7. The van der Waals surface area contributed by atoms with E-state index in [0.29, 0.717) is 44.5 Å². The Labute approximate surface area is 167 Å². The van der Waals surface area contributed by atoms with E-state index in [2.05, 4.69) is 34.4 Å². The number of nitrogens with zero attached hydrogens (tertiary/aromatic N) is 3. The van der Waals surface area contributed by atoms with Crippen LogP contribution in [0.4, 0.5) is 16.0 Å². The van der Waals surface area contributed by atoms with Gasteiger partial charge in [-0.25, -0.2) is 9.97 Å². The molecule has 0 bridgehead atoms. The molecule has 2 unspecified atom stereocenters. The molecule has 0 amide bonds. The molecule has 0 saturated carbocycles. The van der Waals surface area contributed by atoms with Crippen LogP contribution in [0.1, 0.15) is 40.0 Å². The predicted octanol–water partition coefficient (Wildman–Crippen LogP) is 2.03. The van der Waals surface area contributed by atoms with Gasteiger partial charge in [-0.3, -0.25) is 0 Å². The van der Waals surface area contributed by atoms with Crippen molar-refractivity contribution in [1.82, 2.24) is 15.3 Å². The van der Waals surface area contributed by atoms with Crippen molar-refractivity contribution in [3.05, 3.63) is 12.1 Å². The van der Waals surface area contributed by atoms with Crippen LogP contribution in [0, 0.1) is 17.7 Å². The van der Waals surface area contributed by atoms with Gasteiger partial charge in [-0.15, -0.1) is 0 Å². The third kappa shape index (κ3) is 5.30. The molecule has 2 aliphatic heterocycles. The van der Waals surface area contributed by atoms with E-state index in [-0.39, 0.29) is 17.3 Å². The topological polar surface area (TPSA) is 82.5 Å². The van der Waals surface area contributed by atoms with Crippen LogP contribution in [0.15, 0.2) is 6.33 Å². The van der Waals surface area contributed by atoms with Crippen molar-refractivity contribution in [3.8, 4) is 0 Å². The van der Waals surface area contributed by atoms with Crippen molar-refractivity contribution < 1.29 is 14.2 Å². The summed E-state index contributed by atoms with van der Waals surface area (Å²) in [6, 6.07) is 0. The number of β-amino-alcohol motifs (C(OH)–C–C–N with tert-alkyl or cyclic N) is 1. The van der Waals surface area contributed by atoms with Crippen LogP contribution in [0.2, 0.25) is 0 Å². The molecule has 2 saturated heterocycles. The van der Waals surface area contributed by atoms with Gasteiger partial charge in [0.2, 0.25) is 5.82 Å². The number of anilines is 2. The highest BCUT2D eigenvalue weighted by molar-refractivity contribution is 5.50. The normalized spacial score (nSPS) is 27.4. The van der Waals surface area contributed by atoms with E-state index >= 15 is 4.39 Å². The van der Waals surface area contributed by atoms with Gasteiger partial charge >= 0.3 is 0 Å². The summed E-state index contributed by atoms with van der Waals surface area (Å²) in [5, 5.41) is 16.3. The van der Waals surface area contributed by atoms with Crippen molar-refractivity contribution >= 4 is 11.6 Å². The molecule has 0 aromatic carbocycles. The Bertz CT molecular complexity index is 635. The zero-order valence-corrected chi connectivity index (χ0v) is 17.2. The average molecular weight is 396 g/mol. The van der Waals surface area contributed by atoms with Gasteiger partial charge < -0.3 is 25.4 Å². The Balaban J connectivity index is 1.63. The minimum absolute atomic E-state index is 0.0655. The Hall–Kier alpha value is -1.51. The summed E-state index contributed by atoms with van der Waals surface area (Å²) in [5.74, 6) is 0.559. The molecule has 2 fully saturated rings. The second-order valence-electron chi connectivity index (χ2n) is 8.58. The fourth-order valence-electron chi connectivity index (χ4n) is 3.94. The lowest BCUT2D eigenvalue weighted by Crippen LogP contribution is -2.43. The van der Waals surface area contributed by atoms with Gasteiger partial charge in [0.15, 0.2) is 11.6 Å². The molecule has 2 aliphatic rings. The van der Waals surface area contributed by atoms with Crippen LogP contribution in [-0.4, -0.2) is 66.1 Å². The minimum Gasteiger partial charge on any atom is -0.391 e. The van der Waals surface area contributed by atoms with Gasteiger partial charge in [0.1, 0.15) is 6.33 Å². The van der Waals surface area contributed by atoms with Crippen LogP contribution in [0.25, 0.3) is 0 Å². The summed E-state index contributed by atoms with van der Waals surface area (Å²) in [6.07, 6.45) is 3.91. The number of nitrogens with one attached hydrogen (secondary N) is 2. The first-order valence-corrected chi connectivity index (χ1v) is 10.4. The number of halogens is 1. The van der Waals surface area contributed by atoms with Crippen LogP contribution < -0.4 is 15.5 Å². The number of aliphatic hydroxyl groups excluding tert-OH is 1. The van der Waals surface area contributed by atoms with E-state index in [1.54, 1.807) is 0 Å². The van der Waals surface area contributed by atoms with Gasteiger partial charge in [0, 0.05) is 32.1 Å². The number of aliphatic hydroxyl groups is 1. The molecule has 28 heavy (non-hydrogen) atoms. The summed E-state index contributed by atoms with van der Waals surface area (Å²) < 4.78 is 21.0. The molecule has 8 heteroatoms. The Kier molecular flexibility index (Phi) is 7.06. The van der Waals surface area contributed by atoms with Crippen LogP contribution in [-0.2, 0) is 4.74 Å². The van der Waals surface area contributed by atoms with E-state index in [1.165, 1.54) is 6.33 Å². The van der Waals surface area contributed by atoms with Gasteiger partial charge in [0.05, 0.1) is 18.3 Å². The van der Waals surface area contributed by atoms with Gasteiger partial charge in [-0.2, -0.15) is 4.39 Å². The summed E-state index contributed by atoms with van der Waals surface area (Å²) in [4.78, 5) is 10.3. The maximum absolute atomic E-state index is 15.1. The largest absolute Gasteiger partial charge is 0.391 e. The Morgan fingerprint density at radius 2 is 2.21 bits per heavy atom. The number of hydrogen-bond donors (Lipinski definition) is 3. The molecule has 0 aliphatic carbocycles. The van der Waals surface area contributed by atoms with E-state index in [4.69, 9.17) is 4.74 Å². The second-order valence-corrected chi connectivity index (χ2v) is 8.58. The highest BCUT2D eigenvalue weighted by atomic mass is 19.1. The fourth-order valence-corrected chi connectivity index (χ4v) is 3.94. The molecule has 3 atom stereocenters. The Morgan fingerprint density at radius 1 is 1.39 bits per heavy atom. The minimum atomic E-state index is -0.426. The lowest BCUT2D eigenvalue weighted by atomic mass is 9.91. The monoisotopic (exact) mass is 395 g/mol. The fraction of sp³-hybridized carbons (Fsp3) is 0.800. The quantitative estimate of drug-likeness (QED) is 0.652. The molecular formula is C20H34FN5O2. The van der Waals surface area contributed by atoms with Crippen molar-refractivity contribution in [2.24, 2.45) is 11.8 Å². The first-order valence-electron chi connectivity index (χ1n) is 10.4. The molecular weight excluding hydrogens is 361 g/mol. The molecule has 158 valence electrons. The first-order chi connectivity index (χ1) is 13.4. The number of piperidine rings is 1.